The summed E-state index contributed by atoms with van der Waals surface area (Å²) in [5, 5.41) is 3.33. The molecular weight excluding hydrogens is 461 g/mol. The molecule has 0 saturated carbocycles. The fraction of sp³-hybridized carbons (Fsp3) is 0.364. The molecule has 0 aliphatic carbocycles. The number of hydrogen-bond acceptors (Lipinski definition) is 3. The van der Waals surface area contributed by atoms with E-state index >= 15 is 0 Å². The lowest BCUT2D eigenvalue weighted by atomic mass is 9.85. The predicted octanol–water partition coefficient (Wildman–Crippen LogP) is 8.06. The molecule has 0 amide bonds. The molecule has 0 radical (unpaired) electrons. The number of benzene rings is 3. The topological polar surface area (TPSA) is 38.3 Å². The Balaban J connectivity index is 0.00000186. The number of ether oxygens (including phenoxy) is 1. The highest BCUT2D eigenvalue weighted by molar-refractivity contribution is 5.98. The van der Waals surface area contributed by atoms with Crippen LogP contribution in [0.3, 0.4) is 0 Å². The van der Waals surface area contributed by atoms with Crippen LogP contribution in [-0.4, -0.2) is 25.7 Å². The molecule has 37 heavy (non-hydrogen) atoms. The van der Waals surface area contributed by atoms with Crippen molar-refractivity contribution in [3.63, 3.8) is 0 Å². The zero-order valence-corrected chi connectivity index (χ0v) is 22.8. The Hall–Kier alpha value is -3.24. The summed E-state index contributed by atoms with van der Waals surface area (Å²) in [6.45, 7) is 11.2. The number of carbonyl (C=O) groups excluding carboxylic acids is 1. The van der Waals surface area contributed by atoms with E-state index in [1.54, 1.807) is 0 Å². The van der Waals surface area contributed by atoms with Crippen molar-refractivity contribution in [3.8, 4) is 5.75 Å². The molecule has 3 aromatic rings. The van der Waals surface area contributed by atoms with Crippen LogP contribution in [0.2, 0.25) is 0 Å². The quantitative estimate of drug-likeness (QED) is 0.193. The minimum atomic E-state index is -0.575. The van der Waals surface area contributed by atoms with Crippen LogP contribution in [0.5, 0.6) is 5.75 Å². The van der Waals surface area contributed by atoms with Crippen molar-refractivity contribution in [1.82, 2.24) is 5.32 Å². The van der Waals surface area contributed by atoms with Gasteiger partial charge in [-0.2, -0.15) is 0 Å². The normalized spacial score (nSPS) is 14.1. The van der Waals surface area contributed by atoms with Crippen LogP contribution >= 0.6 is 0 Å². The molecule has 1 saturated heterocycles. The molecule has 0 bridgehead atoms. The van der Waals surface area contributed by atoms with Crippen LogP contribution in [0.15, 0.2) is 78.9 Å². The predicted molar refractivity (Wildman–Crippen MR) is 152 cm³/mol. The lowest BCUT2D eigenvalue weighted by Crippen LogP contribution is -2.39. The summed E-state index contributed by atoms with van der Waals surface area (Å²) in [6.07, 6.45) is 1.09. The van der Waals surface area contributed by atoms with E-state index in [9.17, 15) is 9.18 Å². The number of allylic oxidation sites excluding steroid dienone is 1. The smallest absolute Gasteiger partial charge is 0.316 e. The average Bonchev–Trinajstić information content (AvgIpc) is 2.88. The molecule has 0 unspecified atom stereocenters. The maximum absolute atomic E-state index is 13.3. The molecule has 1 heterocycles. The standard InChI is InChI=1S/C31H34FNO2.C2H6/c1-31(2,3)30(34)35-27-17-15-25(16-18-27)29(24-13-11-22(12-14-24)26-20-33-21-26)28(10-7-19-32)23-8-5-4-6-9-23;1-2/h4-6,8-9,11-18,26,33H,7,10,19-21H2,1-3H3;1-2H3/b29-28+;. The maximum atomic E-state index is 13.3. The van der Waals surface area contributed by atoms with Gasteiger partial charge in [0.15, 0.2) is 0 Å². The Kier molecular flexibility index (Phi) is 10.2. The van der Waals surface area contributed by atoms with E-state index in [-0.39, 0.29) is 12.6 Å². The van der Waals surface area contributed by atoms with Gasteiger partial charge in [0, 0.05) is 19.0 Å². The molecule has 0 atom stereocenters. The zero-order valence-electron chi connectivity index (χ0n) is 22.8. The number of esters is 1. The van der Waals surface area contributed by atoms with Gasteiger partial charge in [0.05, 0.1) is 12.1 Å². The second-order valence-electron chi connectivity index (χ2n) is 10.2. The van der Waals surface area contributed by atoms with Crippen molar-refractivity contribution in [2.75, 3.05) is 19.8 Å². The largest absolute Gasteiger partial charge is 0.426 e. The third-order valence-corrected chi connectivity index (χ3v) is 6.40. The van der Waals surface area contributed by atoms with Gasteiger partial charge in [-0.25, -0.2) is 0 Å². The van der Waals surface area contributed by atoms with Crippen LogP contribution in [0.1, 0.15) is 75.6 Å². The summed E-state index contributed by atoms with van der Waals surface area (Å²) in [7, 11) is 0. The SMILES string of the molecule is CC.CC(C)(C)C(=O)Oc1ccc(/C(=C(\CCCF)c2ccccc2)c2ccc(C3CNC3)cc2)cc1. The molecule has 1 aliphatic heterocycles. The monoisotopic (exact) mass is 501 g/mol. The second-order valence-corrected chi connectivity index (χ2v) is 10.2. The molecule has 3 nitrogen and oxygen atoms in total. The fourth-order valence-electron chi connectivity index (χ4n) is 4.21. The van der Waals surface area contributed by atoms with Gasteiger partial charge in [-0.15, -0.1) is 0 Å². The Labute approximate surface area is 221 Å². The molecule has 0 spiro atoms. The van der Waals surface area contributed by atoms with Gasteiger partial charge >= 0.3 is 5.97 Å². The minimum absolute atomic E-state index is 0.269. The summed E-state index contributed by atoms with van der Waals surface area (Å²) in [6, 6.07) is 26.6. The first-order valence-corrected chi connectivity index (χ1v) is 13.3. The molecule has 1 fully saturated rings. The van der Waals surface area contributed by atoms with Gasteiger partial charge in [-0.1, -0.05) is 80.6 Å². The molecule has 3 aromatic carbocycles. The van der Waals surface area contributed by atoms with Crippen LogP contribution in [0.4, 0.5) is 4.39 Å². The maximum Gasteiger partial charge on any atom is 0.316 e. The molecule has 1 aliphatic rings. The van der Waals surface area contributed by atoms with Gasteiger partial charge in [-0.05, 0) is 79.1 Å². The van der Waals surface area contributed by atoms with Crippen molar-refractivity contribution >= 4 is 17.1 Å². The van der Waals surface area contributed by atoms with Crippen LogP contribution in [-0.2, 0) is 4.79 Å². The highest BCUT2D eigenvalue weighted by Gasteiger charge is 2.24. The van der Waals surface area contributed by atoms with E-state index in [1.807, 2.05) is 77.1 Å². The summed E-state index contributed by atoms with van der Waals surface area (Å²) in [5.41, 5.74) is 6.15. The van der Waals surface area contributed by atoms with E-state index in [1.165, 1.54) is 5.56 Å². The van der Waals surface area contributed by atoms with Crippen molar-refractivity contribution < 1.29 is 13.9 Å². The molecular formula is C33H40FNO2. The second kappa shape index (κ2) is 13.3. The third-order valence-electron chi connectivity index (χ3n) is 6.40. The Morgan fingerprint density at radius 1 is 0.865 bits per heavy atom. The van der Waals surface area contributed by atoms with E-state index in [4.69, 9.17) is 4.74 Å². The number of halogens is 1. The van der Waals surface area contributed by atoms with E-state index < -0.39 is 5.41 Å². The zero-order chi connectivity index (χ0) is 26.8. The summed E-state index contributed by atoms with van der Waals surface area (Å²) in [5.74, 6) is 0.814. The van der Waals surface area contributed by atoms with Gasteiger partial charge in [0.25, 0.3) is 0 Å². The van der Waals surface area contributed by atoms with E-state index in [0.717, 1.165) is 40.9 Å². The van der Waals surface area contributed by atoms with Crippen LogP contribution < -0.4 is 10.1 Å². The summed E-state index contributed by atoms with van der Waals surface area (Å²) < 4.78 is 18.9. The van der Waals surface area contributed by atoms with Crippen molar-refractivity contribution in [2.24, 2.45) is 5.41 Å². The van der Waals surface area contributed by atoms with Gasteiger partial charge in [-0.3, -0.25) is 9.18 Å². The van der Waals surface area contributed by atoms with Gasteiger partial charge in [0.1, 0.15) is 5.75 Å². The number of nitrogens with one attached hydrogen (secondary N) is 1. The highest BCUT2D eigenvalue weighted by Crippen LogP contribution is 2.36. The summed E-state index contributed by atoms with van der Waals surface area (Å²) >= 11 is 0. The Bertz CT molecular complexity index is 1160. The lowest BCUT2D eigenvalue weighted by molar-refractivity contribution is -0.142. The van der Waals surface area contributed by atoms with Crippen molar-refractivity contribution in [1.29, 1.82) is 0 Å². The van der Waals surface area contributed by atoms with Gasteiger partial charge < -0.3 is 10.1 Å². The molecule has 196 valence electrons. The highest BCUT2D eigenvalue weighted by atomic mass is 19.1. The van der Waals surface area contributed by atoms with Crippen molar-refractivity contribution in [2.45, 2.75) is 53.4 Å². The first kappa shape index (κ1) is 28.3. The minimum Gasteiger partial charge on any atom is -0.426 e. The average molecular weight is 502 g/mol. The molecule has 1 N–H and O–H groups in total. The number of rotatable bonds is 8. The summed E-state index contributed by atoms with van der Waals surface area (Å²) in [4.78, 5) is 12.3. The van der Waals surface area contributed by atoms with Gasteiger partial charge in [0.2, 0.25) is 0 Å². The fourth-order valence-corrected chi connectivity index (χ4v) is 4.21. The first-order chi connectivity index (χ1) is 17.9. The first-order valence-electron chi connectivity index (χ1n) is 13.3. The van der Waals surface area contributed by atoms with Crippen molar-refractivity contribution in [3.05, 3.63) is 101 Å². The van der Waals surface area contributed by atoms with Crippen LogP contribution in [0, 0.1) is 5.41 Å². The molecule has 0 aromatic heterocycles. The molecule has 4 rings (SSSR count). The van der Waals surface area contributed by atoms with Crippen LogP contribution in [0.25, 0.3) is 11.1 Å². The Morgan fingerprint density at radius 3 is 1.92 bits per heavy atom. The molecule has 4 heteroatoms. The van der Waals surface area contributed by atoms with E-state index in [2.05, 4.69) is 41.7 Å². The number of hydrogen-bond donors (Lipinski definition) is 1. The van der Waals surface area contributed by atoms with E-state index in [0.29, 0.717) is 24.5 Å². The third kappa shape index (κ3) is 7.39. The lowest BCUT2D eigenvalue weighted by Gasteiger charge is -2.27. The Morgan fingerprint density at radius 2 is 1.43 bits per heavy atom. The number of alkyl halides is 1. The number of carbonyl (C=O) groups is 1.